The summed E-state index contributed by atoms with van der Waals surface area (Å²) >= 11 is 1.54. The Morgan fingerprint density at radius 3 is 2.93 bits per heavy atom. The molecule has 2 rings (SSSR count). The molecule has 4 heteroatoms. The van der Waals surface area contributed by atoms with Gasteiger partial charge < -0.3 is 0 Å². The van der Waals surface area contributed by atoms with Crippen LogP contribution in [0.15, 0.2) is 24.3 Å². The van der Waals surface area contributed by atoms with Crippen molar-refractivity contribution in [3.8, 4) is 12.3 Å². The molecule has 1 heterocycles. The molecule has 0 aliphatic rings. The highest BCUT2D eigenvalue weighted by atomic mass is 32.1. The Balaban J connectivity index is 2.41. The summed E-state index contributed by atoms with van der Waals surface area (Å²) < 4.78 is 1.12. The van der Waals surface area contributed by atoms with Crippen LogP contribution in [0.5, 0.6) is 0 Å². The maximum Gasteiger partial charge on any atom is 0.201 e. The normalized spacial score (nSPS) is 12.3. The molecule has 76 valence electrons. The van der Waals surface area contributed by atoms with E-state index >= 15 is 0 Å². The summed E-state index contributed by atoms with van der Waals surface area (Å²) in [6.07, 6.45) is 5.31. The number of terminal acetylenes is 1. The van der Waals surface area contributed by atoms with Gasteiger partial charge in [0.15, 0.2) is 0 Å². The van der Waals surface area contributed by atoms with Gasteiger partial charge in [0.2, 0.25) is 5.13 Å². The highest BCUT2D eigenvalue weighted by Gasteiger charge is 2.12. The van der Waals surface area contributed by atoms with Crippen LogP contribution in [0.25, 0.3) is 10.2 Å². The molecule has 0 fully saturated rings. The summed E-state index contributed by atoms with van der Waals surface area (Å²) in [5.74, 6) is 8.43. The minimum Gasteiger partial charge on any atom is -0.271 e. The van der Waals surface area contributed by atoms with Gasteiger partial charge in [0.05, 0.1) is 10.2 Å². The van der Waals surface area contributed by atoms with Gasteiger partial charge in [-0.15, -0.1) is 6.42 Å². The van der Waals surface area contributed by atoms with Crippen molar-refractivity contribution in [2.45, 2.75) is 13.0 Å². The molecule has 1 unspecified atom stereocenters. The van der Waals surface area contributed by atoms with E-state index in [0.717, 1.165) is 15.3 Å². The highest BCUT2D eigenvalue weighted by Crippen LogP contribution is 2.27. The third-order valence-corrected chi connectivity index (χ3v) is 3.21. The van der Waals surface area contributed by atoms with Gasteiger partial charge in [-0.1, -0.05) is 29.4 Å². The van der Waals surface area contributed by atoms with Gasteiger partial charge in [-0.25, -0.2) is 10.8 Å². The largest absolute Gasteiger partial charge is 0.271 e. The summed E-state index contributed by atoms with van der Waals surface area (Å²) in [4.78, 5) is 4.41. The van der Waals surface area contributed by atoms with Crippen LogP contribution < -0.4 is 10.9 Å². The van der Waals surface area contributed by atoms with Crippen LogP contribution in [0.2, 0.25) is 0 Å². The smallest absolute Gasteiger partial charge is 0.201 e. The maximum absolute atomic E-state index is 5.85. The molecule has 0 amide bonds. The number of rotatable bonds is 2. The predicted octanol–water partition coefficient (Wildman–Crippen LogP) is 2.00. The second-order valence-electron chi connectivity index (χ2n) is 3.21. The van der Waals surface area contributed by atoms with Crippen LogP contribution in [-0.2, 0) is 0 Å². The molecule has 0 saturated carbocycles. The number of para-hydroxylation sites is 1. The molecule has 0 radical (unpaired) electrons. The molecule has 15 heavy (non-hydrogen) atoms. The summed E-state index contributed by atoms with van der Waals surface area (Å²) in [6, 6.07) is 7.77. The first-order valence-electron chi connectivity index (χ1n) is 4.58. The van der Waals surface area contributed by atoms with Crippen LogP contribution in [0, 0.1) is 12.3 Å². The van der Waals surface area contributed by atoms with Crippen molar-refractivity contribution >= 4 is 26.7 Å². The van der Waals surface area contributed by atoms with Gasteiger partial charge in [0.1, 0.15) is 6.04 Å². The zero-order valence-electron chi connectivity index (χ0n) is 8.34. The lowest BCUT2D eigenvalue weighted by Gasteiger charge is -2.17. The number of nitrogens with two attached hydrogens (primary N) is 1. The van der Waals surface area contributed by atoms with E-state index in [1.165, 1.54) is 5.01 Å². The molecule has 1 aromatic carbocycles. The Morgan fingerprint density at radius 2 is 2.27 bits per heavy atom. The van der Waals surface area contributed by atoms with Gasteiger partial charge in [0, 0.05) is 0 Å². The zero-order valence-corrected chi connectivity index (χ0v) is 9.16. The number of hydrogen-bond donors (Lipinski definition) is 1. The number of anilines is 1. The first-order chi connectivity index (χ1) is 7.22. The number of fused-ring (bicyclic) bond motifs is 1. The second kappa shape index (κ2) is 3.89. The van der Waals surface area contributed by atoms with Crippen molar-refractivity contribution < 1.29 is 0 Å². The summed E-state index contributed by atoms with van der Waals surface area (Å²) in [5.41, 5.74) is 0.956. The first kappa shape index (κ1) is 9.97. The molecule has 0 saturated heterocycles. The van der Waals surface area contributed by atoms with Crippen molar-refractivity contribution in [1.29, 1.82) is 0 Å². The van der Waals surface area contributed by atoms with E-state index < -0.39 is 0 Å². The number of hydrazine groups is 1. The van der Waals surface area contributed by atoms with Gasteiger partial charge >= 0.3 is 0 Å². The highest BCUT2D eigenvalue weighted by molar-refractivity contribution is 7.22. The molecule has 0 spiro atoms. The monoisotopic (exact) mass is 217 g/mol. The fourth-order valence-corrected chi connectivity index (χ4v) is 2.19. The average Bonchev–Trinajstić information content (AvgIpc) is 2.70. The molecule has 0 aliphatic heterocycles. The molecule has 0 aliphatic carbocycles. The summed E-state index contributed by atoms with van der Waals surface area (Å²) in [6.45, 7) is 1.87. The molecule has 2 N–H and O–H groups in total. The summed E-state index contributed by atoms with van der Waals surface area (Å²) in [5, 5.41) is 2.27. The van der Waals surface area contributed by atoms with Crippen LogP contribution >= 0.6 is 11.3 Å². The number of hydrogen-bond acceptors (Lipinski definition) is 4. The lowest BCUT2D eigenvalue weighted by atomic mass is 10.3. The van der Waals surface area contributed by atoms with Gasteiger partial charge in [-0.3, -0.25) is 5.01 Å². The lowest BCUT2D eigenvalue weighted by Crippen LogP contribution is -2.38. The van der Waals surface area contributed by atoms with Crippen molar-refractivity contribution in [1.82, 2.24) is 4.98 Å². The summed E-state index contributed by atoms with van der Waals surface area (Å²) in [7, 11) is 0. The minimum atomic E-state index is -0.148. The van der Waals surface area contributed by atoms with E-state index in [1.54, 1.807) is 11.3 Å². The van der Waals surface area contributed by atoms with Crippen molar-refractivity contribution in [2.24, 2.45) is 5.84 Å². The standard InChI is InChI=1S/C11H11N3S/c1-3-8(2)14(12)11-13-9-6-4-5-7-10(9)15-11/h1,4-8H,12H2,2H3. The third-order valence-electron chi connectivity index (χ3n) is 2.16. The SMILES string of the molecule is C#CC(C)N(N)c1nc2ccccc2s1. The average molecular weight is 217 g/mol. The maximum atomic E-state index is 5.85. The van der Waals surface area contributed by atoms with Crippen LogP contribution in [-0.4, -0.2) is 11.0 Å². The van der Waals surface area contributed by atoms with Gasteiger partial charge in [-0.2, -0.15) is 0 Å². The third kappa shape index (κ3) is 1.80. The van der Waals surface area contributed by atoms with E-state index in [2.05, 4.69) is 10.9 Å². The van der Waals surface area contributed by atoms with E-state index in [4.69, 9.17) is 12.3 Å². The molecular formula is C11H11N3S. The first-order valence-corrected chi connectivity index (χ1v) is 5.39. The minimum absolute atomic E-state index is 0.148. The van der Waals surface area contributed by atoms with Crippen LogP contribution in [0.4, 0.5) is 5.13 Å². The molecular weight excluding hydrogens is 206 g/mol. The molecule has 2 aromatic rings. The molecule has 1 aromatic heterocycles. The van der Waals surface area contributed by atoms with Crippen molar-refractivity contribution in [3.63, 3.8) is 0 Å². The molecule has 3 nitrogen and oxygen atoms in total. The topological polar surface area (TPSA) is 42.1 Å². The van der Waals surface area contributed by atoms with Gasteiger partial charge in [-0.05, 0) is 19.1 Å². The van der Waals surface area contributed by atoms with Crippen molar-refractivity contribution in [3.05, 3.63) is 24.3 Å². The number of nitrogens with zero attached hydrogens (tertiary/aromatic N) is 2. The van der Waals surface area contributed by atoms with Gasteiger partial charge in [0.25, 0.3) is 0 Å². The Kier molecular flexibility index (Phi) is 2.58. The van der Waals surface area contributed by atoms with Crippen LogP contribution in [0.3, 0.4) is 0 Å². The van der Waals surface area contributed by atoms with E-state index in [0.29, 0.717) is 0 Å². The van der Waals surface area contributed by atoms with E-state index in [9.17, 15) is 0 Å². The van der Waals surface area contributed by atoms with E-state index in [1.807, 2.05) is 31.2 Å². The number of aromatic nitrogens is 1. The predicted molar refractivity (Wildman–Crippen MR) is 64.6 cm³/mol. The fraction of sp³-hybridized carbons (Fsp3) is 0.182. The Bertz CT molecular complexity index is 479. The van der Waals surface area contributed by atoms with E-state index in [-0.39, 0.29) is 6.04 Å². The Labute approximate surface area is 92.5 Å². The quantitative estimate of drug-likeness (QED) is 0.475. The number of benzene rings is 1. The molecule has 0 bridgehead atoms. The van der Waals surface area contributed by atoms with Crippen LogP contribution in [0.1, 0.15) is 6.92 Å². The Hall–Kier alpha value is -1.57. The number of thiazole rings is 1. The lowest BCUT2D eigenvalue weighted by molar-refractivity contribution is 0.787. The van der Waals surface area contributed by atoms with Crippen molar-refractivity contribution in [2.75, 3.05) is 5.01 Å². The second-order valence-corrected chi connectivity index (χ2v) is 4.22. The fourth-order valence-electron chi connectivity index (χ4n) is 1.22. The molecule has 1 atom stereocenters. The zero-order chi connectivity index (χ0) is 10.8. The Morgan fingerprint density at radius 1 is 1.53 bits per heavy atom.